The molecule has 2 aromatic carbocycles. The summed E-state index contributed by atoms with van der Waals surface area (Å²) in [4.78, 5) is 30.2. The summed E-state index contributed by atoms with van der Waals surface area (Å²) in [6.07, 6.45) is 0.302. The van der Waals surface area contributed by atoms with E-state index in [4.69, 9.17) is 15.7 Å². The van der Waals surface area contributed by atoms with Crippen LogP contribution in [0.25, 0.3) is 10.9 Å². The van der Waals surface area contributed by atoms with Crippen molar-refractivity contribution < 1.29 is 23.9 Å². The summed E-state index contributed by atoms with van der Waals surface area (Å²) < 4.78 is 20.6. The van der Waals surface area contributed by atoms with Crippen molar-refractivity contribution in [1.29, 1.82) is 0 Å². The number of amides is 2. The number of rotatable bonds is 8. The number of benzene rings is 2. The van der Waals surface area contributed by atoms with Gasteiger partial charge in [0, 0.05) is 25.0 Å². The van der Waals surface area contributed by atoms with Crippen molar-refractivity contribution in [2.45, 2.75) is 19.4 Å². The second kappa shape index (κ2) is 8.67. The van der Waals surface area contributed by atoms with E-state index in [9.17, 15) is 14.0 Å². The number of hydrogen-bond acceptors (Lipinski definition) is 6. The Kier molecular flexibility index (Phi) is 5.90. The van der Waals surface area contributed by atoms with Gasteiger partial charge in [0.1, 0.15) is 12.4 Å². The number of primary amides is 1. The monoisotopic (exact) mass is 452 g/mol. The fourth-order valence-corrected chi connectivity index (χ4v) is 4.15. The topological polar surface area (TPSA) is 118 Å². The van der Waals surface area contributed by atoms with E-state index in [0.717, 1.165) is 22.3 Å². The molecule has 172 valence electrons. The first-order chi connectivity index (χ1) is 15.7. The maximum absolute atomic E-state index is 14.8. The zero-order chi connectivity index (χ0) is 23.8. The van der Waals surface area contributed by atoms with Crippen molar-refractivity contribution in [2.75, 3.05) is 19.0 Å². The number of halogens is 1. The highest BCUT2D eigenvalue weighted by Crippen LogP contribution is 2.54. The number of fused-ring (bicyclic) bond motifs is 1. The van der Waals surface area contributed by atoms with Crippen LogP contribution in [-0.2, 0) is 22.6 Å². The Balaban J connectivity index is 1.52. The number of para-hydroxylation sites is 1. The fraction of sp³-hybridized carbons (Fsp3) is 0.292. The van der Waals surface area contributed by atoms with E-state index < -0.39 is 29.0 Å². The number of ether oxygens (including phenoxy) is 1. The van der Waals surface area contributed by atoms with E-state index in [1.807, 2.05) is 49.3 Å². The third kappa shape index (κ3) is 4.31. The first kappa shape index (κ1) is 22.5. The van der Waals surface area contributed by atoms with Gasteiger partial charge in [-0.05, 0) is 42.7 Å². The van der Waals surface area contributed by atoms with Gasteiger partial charge in [-0.25, -0.2) is 14.9 Å². The van der Waals surface area contributed by atoms with E-state index in [1.54, 1.807) is 11.5 Å². The number of nitrogens with zero attached hydrogens (tertiary/aromatic N) is 2. The van der Waals surface area contributed by atoms with Crippen LogP contribution in [0.1, 0.15) is 17.5 Å². The van der Waals surface area contributed by atoms with Crippen LogP contribution in [0.2, 0.25) is 0 Å². The van der Waals surface area contributed by atoms with Gasteiger partial charge >= 0.3 is 0 Å². The van der Waals surface area contributed by atoms with E-state index in [2.05, 4.69) is 4.98 Å². The SMILES string of the molecule is CN(C)c1cc(COc2ccc(CC3(C(N)=O)CC3C(=O)NO)cc2F)c2ccccc2n1. The molecule has 0 bridgehead atoms. The van der Waals surface area contributed by atoms with Crippen molar-refractivity contribution in [1.82, 2.24) is 10.5 Å². The summed E-state index contributed by atoms with van der Waals surface area (Å²) in [6.45, 7) is 0.143. The van der Waals surface area contributed by atoms with Crippen molar-refractivity contribution >= 4 is 28.5 Å². The number of hydroxylamine groups is 1. The van der Waals surface area contributed by atoms with Crippen molar-refractivity contribution in [2.24, 2.45) is 17.1 Å². The Morgan fingerprint density at radius 1 is 1.27 bits per heavy atom. The molecule has 0 radical (unpaired) electrons. The lowest BCUT2D eigenvalue weighted by Crippen LogP contribution is -2.33. The number of aromatic nitrogens is 1. The molecule has 0 saturated heterocycles. The fourth-order valence-electron chi connectivity index (χ4n) is 4.15. The molecular weight excluding hydrogens is 427 g/mol. The number of nitrogens with one attached hydrogen (secondary N) is 1. The zero-order valence-corrected chi connectivity index (χ0v) is 18.3. The first-order valence-corrected chi connectivity index (χ1v) is 10.5. The molecule has 33 heavy (non-hydrogen) atoms. The maximum atomic E-state index is 14.8. The van der Waals surface area contributed by atoms with Gasteiger partial charge in [0.15, 0.2) is 11.6 Å². The zero-order valence-electron chi connectivity index (χ0n) is 18.3. The van der Waals surface area contributed by atoms with Crippen molar-refractivity contribution in [3.63, 3.8) is 0 Å². The van der Waals surface area contributed by atoms with Gasteiger partial charge < -0.3 is 15.4 Å². The van der Waals surface area contributed by atoms with Gasteiger partial charge in [-0.15, -0.1) is 0 Å². The standard InChI is InChI=1S/C24H25FN4O4/c1-29(2)21-10-15(16-5-3-4-6-19(16)27-21)13-33-20-8-7-14(9-18(20)25)11-24(23(26)31)12-17(24)22(30)28-32/h3-10,17,32H,11-13H2,1-2H3,(H2,26,31)(H,28,30). The van der Waals surface area contributed by atoms with E-state index in [0.29, 0.717) is 5.56 Å². The second-order valence-corrected chi connectivity index (χ2v) is 8.53. The molecule has 4 rings (SSSR count). The highest BCUT2D eigenvalue weighted by atomic mass is 19.1. The van der Waals surface area contributed by atoms with Gasteiger partial charge in [-0.2, -0.15) is 0 Å². The minimum Gasteiger partial charge on any atom is -0.486 e. The lowest BCUT2D eigenvalue weighted by atomic mass is 9.92. The molecule has 1 aromatic heterocycles. The highest BCUT2D eigenvalue weighted by molar-refractivity contribution is 5.95. The molecule has 1 aliphatic rings. The van der Waals surface area contributed by atoms with E-state index >= 15 is 0 Å². The molecule has 2 unspecified atom stereocenters. The molecule has 8 nitrogen and oxygen atoms in total. The van der Waals surface area contributed by atoms with Crippen LogP contribution in [0.3, 0.4) is 0 Å². The second-order valence-electron chi connectivity index (χ2n) is 8.53. The maximum Gasteiger partial charge on any atom is 0.247 e. The molecule has 1 saturated carbocycles. The van der Waals surface area contributed by atoms with Gasteiger partial charge in [0.05, 0.1) is 16.8 Å². The quantitative estimate of drug-likeness (QED) is 0.357. The molecule has 3 aromatic rings. The Bertz CT molecular complexity index is 1230. The largest absolute Gasteiger partial charge is 0.486 e. The third-order valence-corrected chi connectivity index (χ3v) is 6.14. The molecule has 1 aliphatic carbocycles. The third-order valence-electron chi connectivity index (χ3n) is 6.14. The van der Waals surface area contributed by atoms with Crippen molar-refractivity contribution in [3.05, 3.63) is 65.5 Å². The van der Waals surface area contributed by atoms with Gasteiger partial charge in [0.2, 0.25) is 11.8 Å². The van der Waals surface area contributed by atoms with Crippen LogP contribution < -0.4 is 20.9 Å². The molecule has 1 fully saturated rings. The van der Waals surface area contributed by atoms with Gasteiger partial charge in [-0.1, -0.05) is 24.3 Å². The molecule has 2 amide bonds. The number of nitrogens with two attached hydrogens (primary N) is 1. The molecule has 1 heterocycles. The Labute approximate surface area is 190 Å². The predicted octanol–water partition coefficient (Wildman–Crippen LogP) is 2.56. The molecule has 9 heteroatoms. The molecule has 0 aliphatic heterocycles. The Hall–Kier alpha value is -3.72. The summed E-state index contributed by atoms with van der Waals surface area (Å²) in [7, 11) is 3.79. The first-order valence-electron chi connectivity index (χ1n) is 10.5. The van der Waals surface area contributed by atoms with Crippen LogP contribution in [0.5, 0.6) is 5.75 Å². The molecule has 2 atom stereocenters. The summed E-state index contributed by atoms with van der Waals surface area (Å²) in [5.41, 5.74) is 8.12. The predicted molar refractivity (Wildman–Crippen MR) is 120 cm³/mol. The summed E-state index contributed by atoms with van der Waals surface area (Å²) >= 11 is 0. The van der Waals surface area contributed by atoms with Gasteiger partial charge in [0.25, 0.3) is 0 Å². The van der Waals surface area contributed by atoms with Gasteiger partial charge in [-0.3, -0.25) is 14.8 Å². The minimum atomic E-state index is -1.12. The van der Waals surface area contributed by atoms with E-state index in [1.165, 1.54) is 12.1 Å². The average molecular weight is 452 g/mol. The lowest BCUT2D eigenvalue weighted by molar-refractivity contribution is -0.134. The summed E-state index contributed by atoms with van der Waals surface area (Å²) in [6, 6.07) is 14.0. The number of pyridine rings is 1. The van der Waals surface area contributed by atoms with Crippen LogP contribution in [0, 0.1) is 17.2 Å². The number of carbonyl (C=O) groups is 2. The Morgan fingerprint density at radius 2 is 2.03 bits per heavy atom. The minimum absolute atomic E-state index is 0.0691. The van der Waals surface area contributed by atoms with Crippen LogP contribution in [0.4, 0.5) is 10.2 Å². The van der Waals surface area contributed by atoms with Crippen LogP contribution in [0.15, 0.2) is 48.5 Å². The number of anilines is 1. The number of carbonyl (C=O) groups excluding carboxylic acids is 2. The lowest BCUT2D eigenvalue weighted by Gasteiger charge is -2.16. The summed E-state index contributed by atoms with van der Waals surface area (Å²) in [5.74, 6) is -1.80. The normalized spacial score (nSPS) is 19.2. The Morgan fingerprint density at radius 3 is 2.70 bits per heavy atom. The summed E-state index contributed by atoms with van der Waals surface area (Å²) in [5, 5.41) is 9.76. The van der Waals surface area contributed by atoms with Crippen LogP contribution in [-0.4, -0.2) is 36.1 Å². The average Bonchev–Trinajstić information content (AvgIpc) is 3.53. The molecular formula is C24H25FN4O4. The molecule has 0 spiro atoms. The van der Waals surface area contributed by atoms with Crippen LogP contribution >= 0.6 is 0 Å². The number of hydrogen-bond donors (Lipinski definition) is 3. The van der Waals surface area contributed by atoms with E-state index in [-0.39, 0.29) is 25.2 Å². The smallest absolute Gasteiger partial charge is 0.247 e. The molecule has 4 N–H and O–H groups in total. The van der Waals surface area contributed by atoms with Crippen molar-refractivity contribution in [3.8, 4) is 5.75 Å². The highest BCUT2D eigenvalue weighted by Gasteiger charge is 2.62.